The third-order valence-corrected chi connectivity index (χ3v) is 6.68. The van der Waals surface area contributed by atoms with Crippen LogP contribution in [0.4, 0.5) is 23.0 Å². The molecule has 3 heterocycles. The monoisotopic (exact) mass is 504 g/mol. The van der Waals surface area contributed by atoms with Gasteiger partial charge >= 0.3 is 0 Å². The standard InChI is InChI=1S/C27H31N7O3/c1-31(2)13-14-32(3)23-16-25(37-4)22(15-24(23)34(35)36)30-27-28-11-10-21(29-27)20-17-33-12-6-8-18-7-5-9-19(20)26(18)33/h5,7,9-11,15-17H,6,8,12-14H2,1-4H3,(H,28,29,30)/i1D3. The molecule has 0 saturated carbocycles. The molecule has 1 aliphatic rings. The average molecular weight is 505 g/mol. The zero-order valence-electron chi connectivity index (χ0n) is 24.1. The smallest absolute Gasteiger partial charge is 0.294 e. The van der Waals surface area contributed by atoms with Crippen molar-refractivity contribution < 1.29 is 13.8 Å². The first-order valence-corrected chi connectivity index (χ1v) is 12.1. The molecule has 10 heteroatoms. The van der Waals surface area contributed by atoms with E-state index in [1.165, 1.54) is 36.2 Å². The molecule has 0 radical (unpaired) electrons. The fraction of sp³-hybridized carbons (Fsp3) is 0.333. The molecule has 0 atom stereocenters. The van der Waals surface area contributed by atoms with Crippen molar-refractivity contribution >= 4 is 33.9 Å². The minimum atomic E-state index is -2.25. The minimum absolute atomic E-state index is 0.160. The Balaban J connectivity index is 1.45. The first kappa shape index (κ1) is 21.0. The van der Waals surface area contributed by atoms with Crippen molar-refractivity contribution in [1.82, 2.24) is 19.4 Å². The molecule has 5 rings (SSSR count). The quantitative estimate of drug-likeness (QED) is 0.258. The van der Waals surface area contributed by atoms with Gasteiger partial charge < -0.3 is 24.4 Å². The van der Waals surface area contributed by atoms with Crippen molar-refractivity contribution in [2.24, 2.45) is 0 Å². The van der Waals surface area contributed by atoms with Crippen LogP contribution in [0.15, 0.2) is 48.8 Å². The number of nitro groups is 1. The minimum Gasteiger partial charge on any atom is -0.494 e. The van der Waals surface area contributed by atoms with E-state index < -0.39 is 11.9 Å². The Hall–Kier alpha value is -4.18. The molecule has 0 aliphatic carbocycles. The van der Waals surface area contributed by atoms with E-state index in [4.69, 9.17) is 13.8 Å². The van der Waals surface area contributed by atoms with Crippen molar-refractivity contribution in [2.75, 3.05) is 51.5 Å². The highest BCUT2D eigenvalue weighted by Crippen LogP contribution is 2.39. The van der Waals surface area contributed by atoms with Crippen LogP contribution in [0.25, 0.3) is 22.2 Å². The molecule has 2 aromatic carbocycles. The molecule has 0 amide bonds. The number of ether oxygens (including phenoxy) is 1. The predicted molar refractivity (Wildman–Crippen MR) is 146 cm³/mol. The molecular weight excluding hydrogens is 470 g/mol. The number of nitro benzene ring substituents is 1. The summed E-state index contributed by atoms with van der Waals surface area (Å²) in [6.07, 6.45) is 5.93. The number of hydrogen-bond donors (Lipinski definition) is 1. The van der Waals surface area contributed by atoms with Crippen molar-refractivity contribution in [2.45, 2.75) is 19.4 Å². The fourth-order valence-electron chi connectivity index (χ4n) is 4.85. The zero-order valence-corrected chi connectivity index (χ0v) is 21.1. The van der Waals surface area contributed by atoms with Gasteiger partial charge in [-0.3, -0.25) is 10.1 Å². The summed E-state index contributed by atoms with van der Waals surface area (Å²) in [5.41, 5.74) is 4.78. The molecule has 37 heavy (non-hydrogen) atoms. The van der Waals surface area contributed by atoms with Crippen molar-refractivity contribution in [3.8, 4) is 17.0 Å². The molecule has 2 aromatic heterocycles. The molecule has 0 fully saturated rings. The van der Waals surface area contributed by atoms with E-state index in [1.54, 1.807) is 24.2 Å². The third kappa shape index (κ3) is 4.79. The highest BCUT2D eigenvalue weighted by atomic mass is 16.6. The Bertz CT molecular complexity index is 1570. The van der Waals surface area contributed by atoms with Gasteiger partial charge in [-0.05, 0) is 38.5 Å². The van der Waals surface area contributed by atoms with Gasteiger partial charge in [0, 0.05) is 66.3 Å². The highest BCUT2D eigenvalue weighted by molar-refractivity contribution is 5.97. The topological polar surface area (TPSA) is 102 Å². The summed E-state index contributed by atoms with van der Waals surface area (Å²) >= 11 is 0. The lowest BCUT2D eigenvalue weighted by molar-refractivity contribution is -0.384. The van der Waals surface area contributed by atoms with Gasteiger partial charge in [-0.1, -0.05) is 18.2 Å². The van der Waals surface area contributed by atoms with Gasteiger partial charge in [0.15, 0.2) is 0 Å². The van der Waals surface area contributed by atoms with Crippen LogP contribution >= 0.6 is 0 Å². The maximum absolute atomic E-state index is 12.0. The van der Waals surface area contributed by atoms with Crippen molar-refractivity contribution in [1.29, 1.82) is 0 Å². The number of methoxy groups -OCH3 is 1. The number of aromatic nitrogens is 3. The first-order chi connectivity index (χ1) is 19.1. The highest BCUT2D eigenvalue weighted by Gasteiger charge is 2.23. The number of para-hydroxylation sites is 1. The van der Waals surface area contributed by atoms with Gasteiger partial charge in [-0.15, -0.1) is 0 Å². The van der Waals surface area contributed by atoms with Gasteiger partial charge in [0.05, 0.1) is 28.9 Å². The van der Waals surface area contributed by atoms with Gasteiger partial charge in [0.25, 0.3) is 5.69 Å². The van der Waals surface area contributed by atoms with Gasteiger partial charge in [0.1, 0.15) is 11.4 Å². The van der Waals surface area contributed by atoms with E-state index in [1.807, 2.05) is 6.07 Å². The Kier molecular flexibility index (Phi) is 5.70. The van der Waals surface area contributed by atoms with Crippen LogP contribution in [0.5, 0.6) is 5.75 Å². The van der Waals surface area contributed by atoms with Gasteiger partial charge in [0.2, 0.25) is 5.95 Å². The van der Waals surface area contributed by atoms with Crippen LogP contribution in [0.3, 0.4) is 0 Å². The van der Waals surface area contributed by atoms with Crippen LogP contribution in [0, 0.1) is 10.1 Å². The molecule has 10 nitrogen and oxygen atoms in total. The number of rotatable bonds is 9. The lowest BCUT2D eigenvalue weighted by Crippen LogP contribution is -2.28. The summed E-state index contributed by atoms with van der Waals surface area (Å²) in [4.78, 5) is 23.5. The van der Waals surface area contributed by atoms with Crippen molar-refractivity contribution in [3.63, 3.8) is 0 Å². The summed E-state index contributed by atoms with van der Waals surface area (Å²) in [6.45, 7) is -0.852. The first-order valence-electron chi connectivity index (χ1n) is 13.6. The lowest BCUT2D eigenvalue weighted by atomic mass is 10.0. The summed E-state index contributed by atoms with van der Waals surface area (Å²) < 4.78 is 30.4. The Morgan fingerprint density at radius 1 is 1.27 bits per heavy atom. The molecule has 0 saturated heterocycles. The van der Waals surface area contributed by atoms with Crippen LogP contribution in [0.1, 0.15) is 16.1 Å². The number of anilines is 3. The Morgan fingerprint density at radius 3 is 2.92 bits per heavy atom. The lowest BCUT2D eigenvalue weighted by Gasteiger charge is -2.22. The maximum Gasteiger partial charge on any atom is 0.294 e. The number of hydrogen-bond acceptors (Lipinski definition) is 8. The van der Waals surface area contributed by atoms with Crippen LogP contribution in [0.2, 0.25) is 0 Å². The third-order valence-electron chi connectivity index (χ3n) is 6.68. The van der Waals surface area contributed by atoms with E-state index in [-0.39, 0.29) is 24.7 Å². The summed E-state index contributed by atoms with van der Waals surface area (Å²) in [5, 5.41) is 16.3. The van der Waals surface area contributed by atoms with E-state index in [0.29, 0.717) is 17.1 Å². The normalized spacial score (nSPS) is 14.2. The number of aryl methyl sites for hydroxylation is 2. The maximum atomic E-state index is 12.0. The number of benzene rings is 2. The molecule has 0 bridgehead atoms. The van der Waals surface area contributed by atoms with Crippen LogP contribution < -0.4 is 15.0 Å². The Morgan fingerprint density at radius 2 is 2.14 bits per heavy atom. The van der Waals surface area contributed by atoms with E-state index in [2.05, 4.69) is 39.3 Å². The summed E-state index contributed by atoms with van der Waals surface area (Å²) in [5.74, 6) is 0.634. The number of nitrogens with zero attached hydrogens (tertiary/aromatic N) is 6. The molecular formula is C27H31N7O3. The number of nitrogens with one attached hydrogen (secondary N) is 1. The second-order valence-electron chi connectivity index (χ2n) is 9.18. The molecule has 0 unspecified atom stereocenters. The predicted octanol–water partition coefficient (Wildman–Crippen LogP) is 4.70. The van der Waals surface area contributed by atoms with Crippen molar-refractivity contribution in [3.05, 3.63) is 64.5 Å². The molecule has 0 spiro atoms. The summed E-state index contributed by atoms with van der Waals surface area (Å²) in [6, 6.07) is 11.1. The average Bonchev–Trinajstić information content (AvgIpc) is 3.31. The second kappa shape index (κ2) is 10.1. The van der Waals surface area contributed by atoms with E-state index >= 15 is 0 Å². The van der Waals surface area contributed by atoms with Crippen LogP contribution in [-0.2, 0) is 13.0 Å². The fourth-order valence-corrected chi connectivity index (χ4v) is 4.85. The second-order valence-corrected chi connectivity index (χ2v) is 9.18. The van der Waals surface area contributed by atoms with E-state index in [0.717, 1.165) is 36.0 Å². The van der Waals surface area contributed by atoms with Crippen LogP contribution in [-0.4, -0.2) is 65.6 Å². The Labute approximate surface area is 219 Å². The van der Waals surface area contributed by atoms with Gasteiger partial charge in [-0.2, -0.15) is 0 Å². The molecule has 1 N–H and O–H groups in total. The largest absolute Gasteiger partial charge is 0.494 e. The van der Waals surface area contributed by atoms with E-state index in [9.17, 15) is 10.1 Å². The zero-order chi connectivity index (χ0) is 28.6. The molecule has 192 valence electrons. The SMILES string of the molecule is [2H]C([2H])([2H])N(C)CCN(C)c1cc(OC)c(Nc2nccc(-c3cn4c5c(cccc35)CCC4)n2)cc1[N+](=O)[O-]. The molecule has 1 aliphatic heterocycles. The number of likely N-dealkylation sites (N-methyl/N-ethyl adjacent to an activating group) is 2. The van der Waals surface area contributed by atoms with Gasteiger partial charge in [-0.25, -0.2) is 9.97 Å². The molecule has 4 aromatic rings. The summed E-state index contributed by atoms with van der Waals surface area (Å²) in [7, 11) is 4.64.